The maximum atomic E-state index is 13.1. The number of halogens is 1. The summed E-state index contributed by atoms with van der Waals surface area (Å²) in [6.07, 6.45) is 0.283. The van der Waals surface area contributed by atoms with Gasteiger partial charge in [-0.15, -0.1) is 0 Å². The fourth-order valence-corrected chi connectivity index (χ4v) is 3.44. The summed E-state index contributed by atoms with van der Waals surface area (Å²) in [4.78, 5) is 27.2. The van der Waals surface area contributed by atoms with E-state index in [4.69, 9.17) is 0 Å². The van der Waals surface area contributed by atoms with Crippen molar-refractivity contribution in [2.24, 2.45) is 0 Å². The van der Waals surface area contributed by atoms with Gasteiger partial charge in [-0.05, 0) is 56.5 Å². The number of likely N-dealkylation sites (N-methyl/N-ethyl adjacent to an activating group) is 1. The van der Waals surface area contributed by atoms with Gasteiger partial charge in [0.1, 0.15) is 6.04 Å². The molecule has 1 atom stereocenters. The Morgan fingerprint density at radius 1 is 1.15 bits per heavy atom. The molecule has 27 heavy (non-hydrogen) atoms. The third-order valence-electron chi connectivity index (χ3n) is 4.61. The van der Waals surface area contributed by atoms with Crippen LogP contribution in [0, 0.1) is 13.8 Å². The number of carbonyl (C=O) groups excluding carboxylic acids is 2. The average molecular weight is 431 g/mol. The van der Waals surface area contributed by atoms with E-state index in [-0.39, 0.29) is 18.2 Å². The quantitative estimate of drug-likeness (QED) is 0.716. The summed E-state index contributed by atoms with van der Waals surface area (Å²) in [6.45, 7) is 8.61. The normalized spacial score (nSPS) is 11.7. The molecule has 0 bridgehead atoms. The minimum Gasteiger partial charge on any atom is -0.355 e. The van der Waals surface area contributed by atoms with Gasteiger partial charge in [0.25, 0.3) is 0 Å². The Kier molecular flexibility index (Phi) is 7.60. The van der Waals surface area contributed by atoms with E-state index >= 15 is 0 Å². The lowest BCUT2D eigenvalue weighted by atomic mass is 10.0. The number of hydrogen-bond acceptors (Lipinski definition) is 2. The second-order valence-corrected chi connectivity index (χ2v) is 7.74. The SMILES string of the molecule is CCNC(=O)[C@H](C)N(Cc1cccc(Br)c1)C(=O)Cc1cc(C)ccc1C. The van der Waals surface area contributed by atoms with Crippen molar-refractivity contribution in [3.05, 3.63) is 69.2 Å². The van der Waals surface area contributed by atoms with Gasteiger partial charge < -0.3 is 10.2 Å². The molecule has 5 heteroatoms. The van der Waals surface area contributed by atoms with Gasteiger partial charge in [-0.3, -0.25) is 9.59 Å². The summed E-state index contributed by atoms with van der Waals surface area (Å²) in [5, 5.41) is 2.82. The Morgan fingerprint density at radius 2 is 1.89 bits per heavy atom. The molecule has 2 amide bonds. The molecule has 4 nitrogen and oxygen atoms in total. The average Bonchev–Trinajstić information content (AvgIpc) is 2.62. The molecule has 0 radical (unpaired) electrons. The molecular formula is C22H27BrN2O2. The lowest BCUT2D eigenvalue weighted by molar-refractivity contribution is -0.140. The minimum atomic E-state index is -0.540. The molecular weight excluding hydrogens is 404 g/mol. The Hall–Kier alpha value is -2.14. The van der Waals surface area contributed by atoms with Crippen LogP contribution in [0.3, 0.4) is 0 Å². The lowest BCUT2D eigenvalue weighted by Gasteiger charge is -2.29. The van der Waals surface area contributed by atoms with Crippen LogP contribution < -0.4 is 5.32 Å². The molecule has 0 aliphatic carbocycles. The number of carbonyl (C=O) groups is 2. The molecule has 2 aromatic carbocycles. The molecule has 0 aliphatic rings. The van der Waals surface area contributed by atoms with Crippen molar-refractivity contribution in [2.75, 3.05) is 6.54 Å². The molecule has 0 saturated carbocycles. The molecule has 0 heterocycles. The maximum Gasteiger partial charge on any atom is 0.242 e. The van der Waals surface area contributed by atoms with E-state index in [2.05, 4.69) is 21.2 Å². The van der Waals surface area contributed by atoms with Crippen molar-refractivity contribution >= 4 is 27.7 Å². The molecule has 0 spiro atoms. The Morgan fingerprint density at radius 3 is 2.56 bits per heavy atom. The Labute approximate surface area is 170 Å². The predicted octanol–water partition coefficient (Wildman–Crippen LogP) is 4.16. The van der Waals surface area contributed by atoms with Crippen molar-refractivity contribution in [2.45, 2.75) is 46.7 Å². The Balaban J connectivity index is 2.28. The summed E-state index contributed by atoms with van der Waals surface area (Å²) >= 11 is 3.47. The van der Waals surface area contributed by atoms with Crippen LogP contribution in [-0.2, 0) is 22.6 Å². The van der Waals surface area contributed by atoms with Crippen molar-refractivity contribution in [3.8, 4) is 0 Å². The lowest BCUT2D eigenvalue weighted by Crippen LogP contribution is -2.48. The third kappa shape index (κ3) is 5.93. The van der Waals surface area contributed by atoms with Crippen molar-refractivity contribution in [1.29, 1.82) is 0 Å². The monoisotopic (exact) mass is 430 g/mol. The van der Waals surface area contributed by atoms with Gasteiger partial charge in [-0.2, -0.15) is 0 Å². The van der Waals surface area contributed by atoms with Crippen LogP contribution in [0.4, 0.5) is 0 Å². The second-order valence-electron chi connectivity index (χ2n) is 6.83. The highest BCUT2D eigenvalue weighted by molar-refractivity contribution is 9.10. The van der Waals surface area contributed by atoms with Crippen LogP contribution in [0.2, 0.25) is 0 Å². The van der Waals surface area contributed by atoms with Gasteiger partial charge >= 0.3 is 0 Å². The van der Waals surface area contributed by atoms with Crippen LogP contribution in [0.25, 0.3) is 0 Å². The van der Waals surface area contributed by atoms with Crippen LogP contribution in [-0.4, -0.2) is 29.3 Å². The first-order valence-corrected chi connectivity index (χ1v) is 9.99. The highest BCUT2D eigenvalue weighted by Crippen LogP contribution is 2.18. The number of rotatable bonds is 7. The van der Waals surface area contributed by atoms with Crippen LogP contribution in [0.15, 0.2) is 46.9 Å². The standard InChI is InChI=1S/C22H27BrN2O2/c1-5-24-22(27)17(4)25(14-18-7-6-8-20(23)12-18)21(26)13-19-11-15(2)9-10-16(19)3/h6-12,17H,5,13-14H2,1-4H3,(H,24,27)/t17-/m0/s1. The predicted molar refractivity (Wildman–Crippen MR) is 112 cm³/mol. The first-order chi connectivity index (χ1) is 12.8. The van der Waals surface area contributed by atoms with Crippen LogP contribution >= 0.6 is 15.9 Å². The van der Waals surface area contributed by atoms with Gasteiger partial charge in [-0.1, -0.05) is 51.8 Å². The molecule has 0 saturated heterocycles. The largest absolute Gasteiger partial charge is 0.355 e. The molecule has 144 valence electrons. The zero-order valence-electron chi connectivity index (χ0n) is 16.4. The molecule has 2 aromatic rings. The zero-order valence-corrected chi connectivity index (χ0v) is 18.0. The minimum absolute atomic E-state index is 0.0533. The van der Waals surface area contributed by atoms with Crippen LogP contribution in [0.5, 0.6) is 0 Å². The molecule has 0 fully saturated rings. The summed E-state index contributed by atoms with van der Waals surface area (Å²) < 4.78 is 0.951. The van der Waals surface area contributed by atoms with Gasteiger partial charge in [0, 0.05) is 17.6 Å². The highest BCUT2D eigenvalue weighted by Gasteiger charge is 2.26. The summed E-state index contributed by atoms with van der Waals surface area (Å²) in [5.41, 5.74) is 4.19. The topological polar surface area (TPSA) is 49.4 Å². The van der Waals surface area contributed by atoms with Gasteiger partial charge in [0.15, 0.2) is 0 Å². The smallest absolute Gasteiger partial charge is 0.242 e. The number of nitrogens with one attached hydrogen (secondary N) is 1. The number of amides is 2. The fourth-order valence-electron chi connectivity index (χ4n) is 2.99. The van der Waals surface area contributed by atoms with E-state index in [9.17, 15) is 9.59 Å². The van der Waals surface area contributed by atoms with Gasteiger partial charge in [0.05, 0.1) is 6.42 Å². The fraction of sp³-hybridized carbons (Fsp3) is 0.364. The molecule has 0 aliphatic heterocycles. The van der Waals surface area contributed by atoms with Crippen LogP contribution in [0.1, 0.15) is 36.1 Å². The molecule has 1 N–H and O–H groups in total. The van der Waals surface area contributed by atoms with E-state index in [1.807, 2.05) is 63.2 Å². The summed E-state index contributed by atoms with van der Waals surface area (Å²) in [6, 6.07) is 13.4. The summed E-state index contributed by atoms with van der Waals surface area (Å²) in [7, 11) is 0. The summed E-state index contributed by atoms with van der Waals surface area (Å²) in [5.74, 6) is -0.191. The van der Waals surface area contributed by atoms with Crippen molar-refractivity contribution in [3.63, 3.8) is 0 Å². The third-order valence-corrected chi connectivity index (χ3v) is 5.10. The second kappa shape index (κ2) is 9.70. The van der Waals surface area contributed by atoms with E-state index in [0.29, 0.717) is 13.1 Å². The molecule has 0 unspecified atom stereocenters. The van der Waals surface area contributed by atoms with Gasteiger partial charge in [-0.25, -0.2) is 0 Å². The number of hydrogen-bond donors (Lipinski definition) is 1. The highest BCUT2D eigenvalue weighted by atomic mass is 79.9. The number of nitrogens with zero attached hydrogens (tertiary/aromatic N) is 1. The van der Waals surface area contributed by atoms with E-state index < -0.39 is 6.04 Å². The maximum absolute atomic E-state index is 13.1. The van der Waals surface area contributed by atoms with E-state index in [0.717, 1.165) is 26.7 Å². The zero-order chi connectivity index (χ0) is 20.0. The van der Waals surface area contributed by atoms with Crippen molar-refractivity contribution < 1.29 is 9.59 Å². The number of benzene rings is 2. The van der Waals surface area contributed by atoms with Crippen molar-refractivity contribution in [1.82, 2.24) is 10.2 Å². The van der Waals surface area contributed by atoms with E-state index in [1.165, 1.54) is 0 Å². The molecule has 0 aromatic heterocycles. The first-order valence-electron chi connectivity index (χ1n) is 9.19. The van der Waals surface area contributed by atoms with Gasteiger partial charge in [0.2, 0.25) is 11.8 Å². The number of aryl methyl sites for hydroxylation is 2. The van der Waals surface area contributed by atoms with E-state index in [1.54, 1.807) is 11.8 Å². The first kappa shape index (κ1) is 21.2. The molecule has 2 rings (SSSR count). The Bertz CT molecular complexity index is 820.